The number of aryl methyl sites for hydroxylation is 2. The first-order valence-corrected chi connectivity index (χ1v) is 8.74. The van der Waals surface area contributed by atoms with E-state index in [-0.39, 0.29) is 5.91 Å². The van der Waals surface area contributed by atoms with Crippen LogP contribution in [0.15, 0.2) is 30.3 Å². The van der Waals surface area contributed by atoms with Crippen molar-refractivity contribution in [2.75, 3.05) is 20.1 Å². The minimum absolute atomic E-state index is 0.164. The summed E-state index contributed by atoms with van der Waals surface area (Å²) in [7, 11) is 2.00. The van der Waals surface area contributed by atoms with Crippen molar-refractivity contribution in [3.8, 4) is 5.69 Å². The van der Waals surface area contributed by atoms with Crippen LogP contribution >= 0.6 is 0 Å². The normalized spacial score (nSPS) is 15.8. The summed E-state index contributed by atoms with van der Waals surface area (Å²) in [5.74, 6) is 0.164. The summed E-state index contributed by atoms with van der Waals surface area (Å²) in [6.07, 6.45) is 2.05. The average Bonchev–Trinajstić information content (AvgIpc) is 2.89. The van der Waals surface area contributed by atoms with Crippen molar-refractivity contribution in [3.05, 3.63) is 52.8 Å². The fraction of sp³-hybridized carbons (Fsp3) is 0.450. The summed E-state index contributed by atoms with van der Waals surface area (Å²) in [6.45, 7) is 7.89. The largest absolute Gasteiger partial charge is 0.338 e. The van der Waals surface area contributed by atoms with Gasteiger partial charge in [-0.2, -0.15) is 0 Å². The highest BCUT2D eigenvalue weighted by Gasteiger charge is 2.26. The topological polar surface area (TPSA) is 37.3 Å². The van der Waals surface area contributed by atoms with E-state index < -0.39 is 0 Å². The molecule has 0 spiro atoms. The Kier molecular flexibility index (Phi) is 4.76. The van der Waals surface area contributed by atoms with Gasteiger partial charge in [-0.15, -0.1) is 0 Å². The van der Waals surface area contributed by atoms with E-state index in [1.807, 2.05) is 37.1 Å². The van der Waals surface area contributed by atoms with Crippen molar-refractivity contribution in [1.29, 1.82) is 0 Å². The maximum Gasteiger partial charge on any atom is 0.255 e. The van der Waals surface area contributed by atoms with Crippen molar-refractivity contribution in [3.63, 3.8) is 0 Å². The number of amides is 1. The highest BCUT2D eigenvalue weighted by Crippen LogP contribution is 2.25. The van der Waals surface area contributed by atoms with Gasteiger partial charge in [0.1, 0.15) is 0 Å². The van der Waals surface area contributed by atoms with Crippen molar-refractivity contribution >= 4 is 5.91 Å². The third-order valence-corrected chi connectivity index (χ3v) is 5.21. The summed E-state index contributed by atoms with van der Waals surface area (Å²) in [5, 5.41) is 3.31. The van der Waals surface area contributed by atoms with Gasteiger partial charge in [0.2, 0.25) is 0 Å². The number of likely N-dealkylation sites (tertiary alicyclic amines) is 1. The maximum absolute atomic E-state index is 13.0. The Morgan fingerprint density at radius 3 is 2.42 bits per heavy atom. The van der Waals surface area contributed by atoms with Gasteiger partial charge >= 0.3 is 0 Å². The zero-order valence-corrected chi connectivity index (χ0v) is 15.1. The van der Waals surface area contributed by atoms with Crippen molar-refractivity contribution in [2.24, 2.45) is 0 Å². The Morgan fingerprint density at radius 2 is 1.79 bits per heavy atom. The number of piperidine rings is 1. The van der Waals surface area contributed by atoms with E-state index in [2.05, 4.69) is 35.9 Å². The molecule has 0 unspecified atom stereocenters. The van der Waals surface area contributed by atoms with Crippen molar-refractivity contribution < 1.29 is 4.79 Å². The average molecular weight is 325 g/mol. The zero-order chi connectivity index (χ0) is 17.3. The zero-order valence-electron chi connectivity index (χ0n) is 15.1. The molecule has 2 heterocycles. The Bertz CT molecular complexity index is 739. The van der Waals surface area contributed by atoms with Gasteiger partial charge in [-0.3, -0.25) is 4.79 Å². The molecule has 0 saturated carbocycles. The second-order valence-corrected chi connectivity index (χ2v) is 6.76. The first kappa shape index (κ1) is 16.8. The molecule has 1 fully saturated rings. The Morgan fingerprint density at radius 1 is 1.12 bits per heavy atom. The fourth-order valence-electron chi connectivity index (χ4n) is 3.71. The van der Waals surface area contributed by atoms with Gasteiger partial charge in [-0.1, -0.05) is 18.2 Å². The second-order valence-electron chi connectivity index (χ2n) is 6.76. The molecule has 24 heavy (non-hydrogen) atoms. The van der Waals surface area contributed by atoms with Crippen LogP contribution in [0.25, 0.3) is 5.69 Å². The number of aromatic nitrogens is 1. The first-order valence-electron chi connectivity index (χ1n) is 8.74. The van der Waals surface area contributed by atoms with E-state index in [9.17, 15) is 4.79 Å². The summed E-state index contributed by atoms with van der Waals surface area (Å²) >= 11 is 0. The van der Waals surface area contributed by atoms with Gasteiger partial charge in [0.15, 0.2) is 0 Å². The molecule has 4 nitrogen and oxygen atoms in total. The van der Waals surface area contributed by atoms with Crippen LogP contribution in [0, 0.1) is 20.8 Å². The number of hydrogen-bond donors (Lipinski definition) is 1. The van der Waals surface area contributed by atoms with Gasteiger partial charge in [-0.05, 0) is 58.4 Å². The van der Waals surface area contributed by atoms with Gasteiger partial charge in [0, 0.05) is 36.2 Å². The number of hydrogen-bond acceptors (Lipinski definition) is 2. The molecule has 1 saturated heterocycles. The molecule has 1 aliphatic rings. The highest BCUT2D eigenvalue weighted by molar-refractivity contribution is 5.96. The van der Waals surface area contributed by atoms with Crippen LogP contribution < -0.4 is 5.32 Å². The lowest BCUT2D eigenvalue weighted by atomic mass is 10.0. The molecule has 128 valence electrons. The van der Waals surface area contributed by atoms with Crippen LogP contribution in [0.5, 0.6) is 0 Å². The lowest BCUT2D eigenvalue weighted by Crippen LogP contribution is -2.44. The monoisotopic (exact) mass is 325 g/mol. The lowest BCUT2D eigenvalue weighted by molar-refractivity contribution is 0.0706. The Labute approximate surface area is 144 Å². The van der Waals surface area contributed by atoms with Crippen LogP contribution in [0.4, 0.5) is 0 Å². The molecule has 0 bridgehead atoms. The fourth-order valence-corrected chi connectivity index (χ4v) is 3.71. The highest BCUT2D eigenvalue weighted by atomic mass is 16.2. The van der Waals surface area contributed by atoms with E-state index in [0.29, 0.717) is 6.04 Å². The molecule has 0 atom stereocenters. The minimum Gasteiger partial charge on any atom is -0.338 e. The molecule has 1 aromatic heterocycles. The van der Waals surface area contributed by atoms with Crippen LogP contribution in [0.2, 0.25) is 0 Å². The molecule has 2 aromatic rings. The third-order valence-electron chi connectivity index (χ3n) is 5.21. The SMILES string of the molecule is CNC1CCN(C(=O)c2cc(C)n(-c3ccccc3C)c2C)CC1. The number of carbonyl (C=O) groups excluding carboxylic acids is 1. The summed E-state index contributed by atoms with van der Waals surface area (Å²) in [5.41, 5.74) is 5.34. The van der Waals surface area contributed by atoms with Gasteiger partial charge in [0.25, 0.3) is 5.91 Å². The van der Waals surface area contributed by atoms with Gasteiger partial charge in [0.05, 0.1) is 5.56 Å². The summed E-state index contributed by atoms with van der Waals surface area (Å²) in [6, 6.07) is 10.9. The molecule has 1 amide bonds. The van der Waals surface area contributed by atoms with Crippen LogP contribution in [-0.2, 0) is 0 Å². The molecule has 3 rings (SSSR count). The number of nitrogens with one attached hydrogen (secondary N) is 1. The third kappa shape index (κ3) is 2.98. The van der Waals surface area contributed by atoms with E-state index >= 15 is 0 Å². The summed E-state index contributed by atoms with van der Waals surface area (Å²) < 4.78 is 2.20. The van der Waals surface area contributed by atoms with Crippen molar-refractivity contribution in [2.45, 2.75) is 39.7 Å². The Balaban J connectivity index is 1.89. The maximum atomic E-state index is 13.0. The van der Waals surface area contributed by atoms with Gasteiger partial charge < -0.3 is 14.8 Å². The molecule has 0 aliphatic carbocycles. The predicted octanol–water partition coefficient (Wildman–Crippen LogP) is 3.23. The molecular weight excluding hydrogens is 298 g/mol. The molecule has 1 N–H and O–H groups in total. The second kappa shape index (κ2) is 6.81. The number of nitrogens with zero attached hydrogens (tertiary/aromatic N) is 2. The molecular formula is C20H27N3O. The van der Waals surface area contributed by atoms with E-state index in [4.69, 9.17) is 0 Å². The van der Waals surface area contributed by atoms with Crippen molar-refractivity contribution in [1.82, 2.24) is 14.8 Å². The predicted molar refractivity (Wildman–Crippen MR) is 98.0 cm³/mol. The quantitative estimate of drug-likeness (QED) is 0.941. The Hall–Kier alpha value is -2.07. The minimum atomic E-state index is 0.164. The number of benzene rings is 1. The van der Waals surface area contributed by atoms with Crippen LogP contribution in [0.1, 0.15) is 40.2 Å². The van der Waals surface area contributed by atoms with Crippen LogP contribution in [0.3, 0.4) is 0 Å². The molecule has 0 radical (unpaired) electrons. The first-order chi connectivity index (χ1) is 11.5. The van der Waals surface area contributed by atoms with Crippen LogP contribution in [-0.4, -0.2) is 41.6 Å². The number of carbonyl (C=O) groups is 1. The molecule has 1 aromatic carbocycles. The van der Waals surface area contributed by atoms with E-state index in [1.165, 1.54) is 5.56 Å². The summed E-state index contributed by atoms with van der Waals surface area (Å²) in [4.78, 5) is 15.0. The lowest BCUT2D eigenvalue weighted by Gasteiger charge is -2.31. The standard InChI is InChI=1S/C20H27N3O/c1-14-7-5-6-8-19(14)23-15(2)13-18(16(23)3)20(24)22-11-9-17(21-4)10-12-22/h5-8,13,17,21H,9-12H2,1-4H3. The molecule has 4 heteroatoms. The smallest absolute Gasteiger partial charge is 0.255 e. The van der Waals surface area contributed by atoms with E-state index in [1.54, 1.807) is 0 Å². The van der Waals surface area contributed by atoms with Gasteiger partial charge in [-0.25, -0.2) is 0 Å². The number of para-hydroxylation sites is 1. The van der Waals surface area contributed by atoms with E-state index in [0.717, 1.165) is 48.6 Å². The molecule has 1 aliphatic heterocycles. The number of rotatable bonds is 3.